The molecule has 0 saturated carbocycles. The molecule has 0 aliphatic heterocycles. The smallest absolute Gasteiger partial charge is 0.226 e. The fraction of sp³-hybridized carbons (Fsp3) is 0.232. The lowest BCUT2D eigenvalue weighted by molar-refractivity contribution is -0.118. The summed E-state index contributed by atoms with van der Waals surface area (Å²) in [6.07, 6.45) is 9.06. The van der Waals surface area contributed by atoms with Crippen LogP contribution in [0.5, 0.6) is 5.88 Å². The van der Waals surface area contributed by atoms with Gasteiger partial charge in [-0.15, -0.1) is 0 Å². The number of Topliss-reactive ketones (excluding diaryl/α,β-unsaturated/α-hetero) is 4. The van der Waals surface area contributed by atoms with E-state index in [1.54, 1.807) is 162 Å². The fourth-order valence-corrected chi connectivity index (χ4v) is 13.4. The Labute approximate surface area is 731 Å². The standard InChI is InChI=1S/C26H26F2N2O2.C25H24F2N2O3.C24H21ClF2N2O2.C24H23F2N3O2/c1-5-24(32)30(4)22-14-13-21(25(27)26(22)28)19-8-10-20(11-9-19)23(31)15-12-18-7-6-16(2)29-17(18)3;1-4-23(31)29(2)20-12-11-19(24(26)25(20)27)17-7-9-18(10-8-17)21(30)13-5-16-6-14-22(32-3)28-15-16;1-3-22(31)29(2)19-11-10-18(23(26)24(19)27)16-6-8-17(9-7-16)20(30)12-4-15-5-13-21(25)28-14-15;1-3-22(31)29(2)19-11-10-18(23(25)24(19)26)16-6-8-17(9-7-16)20(30)12-4-15-5-13-21(27)28-14-15/h6-11,13-14H,5,12,15H2,1-4H3;6-12,14-15H,4-5,13H2,1-3H3;5-11,13-14H,3-4,12H2,1-2H3;5-11,13-14H,3-4,12H2,1-2H3,(H2,27,28). The average Bonchev–Trinajstić information content (AvgIpc) is 0.808. The van der Waals surface area contributed by atoms with Crippen molar-refractivity contribution in [3.63, 3.8) is 0 Å². The van der Waals surface area contributed by atoms with Crippen LogP contribution in [0.4, 0.5) is 63.7 Å². The van der Waals surface area contributed by atoms with Crippen molar-refractivity contribution in [2.75, 3.05) is 60.6 Å². The number of hydrogen-bond donors (Lipinski definition) is 1. The highest BCUT2D eigenvalue weighted by Crippen LogP contribution is 2.36. The zero-order chi connectivity index (χ0) is 91.8. The number of pyridine rings is 4. The van der Waals surface area contributed by atoms with Crippen molar-refractivity contribution >= 4 is 86.9 Å². The number of anilines is 5. The van der Waals surface area contributed by atoms with Gasteiger partial charge in [-0.05, 0) is 151 Å². The van der Waals surface area contributed by atoms with Crippen molar-refractivity contribution in [1.29, 1.82) is 0 Å². The molecule has 0 bridgehead atoms. The number of ketones is 4. The first-order chi connectivity index (χ1) is 60.2. The fourth-order valence-electron chi connectivity index (χ4n) is 13.3. The number of hydrogen-bond acceptors (Lipinski definition) is 14. The van der Waals surface area contributed by atoms with Crippen LogP contribution in [-0.2, 0) is 44.9 Å². The number of nitrogen functional groups attached to an aromatic ring is 1. The molecule has 2 N–H and O–H groups in total. The van der Waals surface area contributed by atoms with Crippen LogP contribution in [0.3, 0.4) is 0 Å². The minimum absolute atomic E-state index is 0.0294. The predicted molar refractivity (Wildman–Crippen MR) is 475 cm³/mol. The first kappa shape index (κ1) is 96.1. The van der Waals surface area contributed by atoms with Crippen molar-refractivity contribution < 1.29 is 78.2 Å². The quantitative estimate of drug-likeness (QED) is 0.0261. The monoisotopic (exact) mass is 1740 g/mol. The zero-order valence-corrected chi connectivity index (χ0v) is 72.2. The zero-order valence-electron chi connectivity index (χ0n) is 71.4. The Morgan fingerprint density at radius 3 is 0.881 bits per heavy atom. The Morgan fingerprint density at radius 1 is 0.341 bits per heavy atom. The third-order valence-corrected chi connectivity index (χ3v) is 21.2. The molecule has 0 spiro atoms. The van der Waals surface area contributed by atoms with Gasteiger partial charge in [-0.2, -0.15) is 0 Å². The summed E-state index contributed by atoms with van der Waals surface area (Å²) in [6, 6.07) is 51.3. The van der Waals surface area contributed by atoms with E-state index in [0.717, 1.165) is 53.2 Å². The predicted octanol–water partition coefficient (Wildman–Crippen LogP) is 21.7. The van der Waals surface area contributed by atoms with Crippen LogP contribution < -0.4 is 30.1 Å². The molecule has 8 aromatic carbocycles. The number of nitrogens with two attached hydrogens (primary N) is 1. The second kappa shape index (κ2) is 45.1. The van der Waals surface area contributed by atoms with E-state index in [-0.39, 0.29) is 124 Å². The summed E-state index contributed by atoms with van der Waals surface area (Å²) >= 11 is 5.76. The number of carbonyl (C=O) groups excluding carboxylic acids is 8. The highest BCUT2D eigenvalue weighted by molar-refractivity contribution is 6.29. The molecule has 4 aromatic heterocycles. The first-order valence-corrected chi connectivity index (χ1v) is 40.8. The molecule has 4 heterocycles. The molecule has 4 amide bonds. The van der Waals surface area contributed by atoms with Crippen LogP contribution >= 0.6 is 11.6 Å². The van der Waals surface area contributed by atoms with Crippen molar-refractivity contribution in [1.82, 2.24) is 19.9 Å². The van der Waals surface area contributed by atoms with E-state index in [2.05, 4.69) is 19.9 Å². The maximum Gasteiger partial charge on any atom is 0.226 e. The Morgan fingerprint density at radius 2 is 0.627 bits per heavy atom. The van der Waals surface area contributed by atoms with Gasteiger partial charge in [0.1, 0.15) is 11.0 Å². The number of carbonyl (C=O) groups is 8. The maximum absolute atomic E-state index is 14.7. The molecule has 12 aromatic rings. The third-order valence-electron chi connectivity index (χ3n) is 21.0. The number of rotatable bonds is 29. The van der Waals surface area contributed by atoms with Gasteiger partial charge in [-0.25, -0.2) is 50.1 Å². The second-order valence-corrected chi connectivity index (χ2v) is 29.6. The van der Waals surface area contributed by atoms with Gasteiger partial charge in [0, 0.05) is 160 Å². The van der Waals surface area contributed by atoms with Crippen LogP contribution in [0, 0.1) is 60.4 Å². The second-order valence-electron chi connectivity index (χ2n) is 29.3. The van der Waals surface area contributed by atoms with E-state index in [1.165, 1.54) is 83.8 Å². The molecule has 0 unspecified atom stereocenters. The summed E-state index contributed by atoms with van der Waals surface area (Å²) in [5.74, 6) is -9.02. The van der Waals surface area contributed by atoms with Crippen molar-refractivity contribution in [3.05, 3.63) is 320 Å². The summed E-state index contributed by atoms with van der Waals surface area (Å²) < 4.78 is 122. The molecule has 27 heteroatoms. The molecule has 0 fully saturated rings. The lowest BCUT2D eigenvalue weighted by atomic mass is 9.98. The Bertz CT molecular complexity index is 5740. The lowest BCUT2D eigenvalue weighted by Crippen LogP contribution is -2.26. The van der Waals surface area contributed by atoms with Gasteiger partial charge in [-0.1, -0.05) is 161 Å². The van der Waals surface area contributed by atoms with Gasteiger partial charge >= 0.3 is 0 Å². The minimum atomic E-state index is -1.08. The number of aryl methyl sites for hydroxylation is 6. The van der Waals surface area contributed by atoms with E-state index >= 15 is 0 Å². The Kier molecular flexibility index (Phi) is 34.4. The van der Waals surface area contributed by atoms with Gasteiger partial charge in [0.2, 0.25) is 29.5 Å². The van der Waals surface area contributed by atoms with E-state index < -0.39 is 46.5 Å². The highest BCUT2D eigenvalue weighted by Gasteiger charge is 2.26. The molecule has 0 radical (unpaired) electrons. The van der Waals surface area contributed by atoms with E-state index in [9.17, 15) is 73.5 Å². The summed E-state index contributed by atoms with van der Waals surface area (Å²) in [4.78, 5) is 118. The number of benzene rings is 8. The molecule has 0 aliphatic carbocycles. The van der Waals surface area contributed by atoms with Gasteiger partial charge in [0.25, 0.3) is 0 Å². The maximum atomic E-state index is 14.7. The third kappa shape index (κ3) is 24.6. The van der Waals surface area contributed by atoms with Crippen molar-refractivity contribution in [2.45, 2.75) is 119 Å². The van der Waals surface area contributed by atoms with Gasteiger partial charge in [-0.3, -0.25) is 43.3 Å². The normalized spacial score (nSPS) is 10.7. The topological polar surface area (TPSA) is 236 Å². The number of amides is 4. The Hall–Kier alpha value is -13.8. The summed E-state index contributed by atoms with van der Waals surface area (Å²) in [7, 11) is 7.17. The van der Waals surface area contributed by atoms with E-state index in [1.807, 2.05) is 44.2 Å². The van der Waals surface area contributed by atoms with Crippen LogP contribution in [0.15, 0.2) is 213 Å². The van der Waals surface area contributed by atoms with Crippen LogP contribution in [0.25, 0.3) is 44.5 Å². The summed E-state index contributed by atoms with van der Waals surface area (Å²) in [5, 5.41) is 0.394. The van der Waals surface area contributed by atoms with E-state index in [4.69, 9.17) is 22.1 Å². The first-order valence-electron chi connectivity index (χ1n) is 40.5. The molecule has 12 rings (SSSR count). The molecule has 18 nitrogen and oxygen atoms in total. The van der Waals surface area contributed by atoms with Crippen molar-refractivity contribution in [2.24, 2.45) is 0 Å². The Balaban J connectivity index is 0.000000190. The highest BCUT2D eigenvalue weighted by atomic mass is 35.5. The van der Waals surface area contributed by atoms with Crippen LogP contribution in [-0.4, -0.2) is 102 Å². The number of nitrogens with zero attached hydrogens (tertiary/aromatic N) is 8. The number of ether oxygens (including phenoxy) is 1. The number of methoxy groups -OCH3 is 1. The van der Waals surface area contributed by atoms with Gasteiger partial charge < -0.3 is 30.1 Å². The molecular formula is C99H94ClF8N9O9. The minimum Gasteiger partial charge on any atom is -0.481 e. The molecular weight excluding hydrogens is 1650 g/mol. The molecule has 126 heavy (non-hydrogen) atoms. The molecule has 0 atom stereocenters. The molecule has 0 aliphatic rings. The molecule has 0 saturated heterocycles. The van der Waals surface area contributed by atoms with Gasteiger partial charge in [0.15, 0.2) is 69.7 Å². The SMILES string of the molecule is CCC(=O)N(C)c1ccc(-c2ccc(C(=O)CCc3ccc(C)nc3C)cc2)c(F)c1F.CCC(=O)N(C)c1ccc(-c2ccc(C(=O)CCc3ccc(Cl)nc3)cc2)c(F)c1F.CCC(=O)N(C)c1ccc(-c2ccc(C(=O)CCc3ccc(N)nc3)cc2)c(F)c1F.CCC(=O)N(C)c1ccc(-c2ccc(C(=O)CCc3ccc(OC)nc3)cc2)c(F)c1F. The molecule has 652 valence electrons. The van der Waals surface area contributed by atoms with Gasteiger partial charge in [0.05, 0.1) is 29.9 Å². The largest absolute Gasteiger partial charge is 0.481 e. The summed E-state index contributed by atoms with van der Waals surface area (Å²) in [5.41, 5.74) is 14.7. The average molecular weight is 1740 g/mol. The van der Waals surface area contributed by atoms with Crippen LogP contribution in [0.1, 0.15) is 154 Å². The van der Waals surface area contributed by atoms with E-state index in [0.29, 0.717) is 106 Å². The number of halogens is 9. The van der Waals surface area contributed by atoms with Crippen LogP contribution in [0.2, 0.25) is 5.15 Å². The van der Waals surface area contributed by atoms with Crippen molar-refractivity contribution in [3.8, 4) is 50.4 Å². The summed E-state index contributed by atoms with van der Waals surface area (Å²) in [6.45, 7) is 10.5. The number of aromatic nitrogens is 4. The lowest BCUT2D eigenvalue weighted by Gasteiger charge is -2.18.